The fraction of sp³-hybridized carbons (Fsp3) is 0.462. The molecule has 0 aromatic carbocycles. The van der Waals surface area contributed by atoms with E-state index in [-0.39, 0.29) is 5.97 Å². The second-order valence-electron chi connectivity index (χ2n) is 4.44. The van der Waals surface area contributed by atoms with Gasteiger partial charge in [0, 0.05) is 17.1 Å². The zero-order chi connectivity index (χ0) is 14.7. The number of ether oxygens (including phenoxy) is 2. The molecule has 1 amide bonds. The molecule has 20 heavy (non-hydrogen) atoms. The summed E-state index contributed by atoms with van der Waals surface area (Å²) in [6, 6.07) is 3.05. The van der Waals surface area contributed by atoms with Gasteiger partial charge in [-0.1, -0.05) is 6.92 Å². The Hall–Kier alpha value is -1.63. The number of aromatic nitrogens is 1. The van der Waals surface area contributed by atoms with E-state index in [4.69, 9.17) is 9.47 Å². The van der Waals surface area contributed by atoms with Crippen molar-refractivity contribution < 1.29 is 19.1 Å². The standard InChI is InChI=1S/C13H15BrN2O4/c1-3-4-11(17)19-12-8(2)16(13(18)20-12)10-6-5-9(14)7-15-10/h5-8,12H,3-4H2,1-2H3/t8?,12-/m1/s1. The molecule has 6 nitrogen and oxygen atoms in total. The first-order valence-corrected chi connectivity index (χ1v) is 7.13. The minimum absolute atomic E-state index is 0.303. The van der Waals surface area contributed by atoms with Crippen LogP contribution in [0.25, 0.3) is 0 Å². The molecule has 1 aliphatic heterocycles. The lowest BCUT2D eigenvalue weighted by atomic mass is 10.3. The maximum Gasteiger partial charge on any atom is 0.419 e. The normalized spacial score (nSPS) is 21.8. The summed E-state index contributed by atoms with van der Waals surface area (Å²) < 4.78 is 11.0. The van der Waals surface area contributed by atoms with Crippen molar-refractivity contribution >= 4 is 33.8 Å². The van der Waals surface area contributed by atoms with Crippen LogP contribution in [0.15, 0.2) is 22.8 Å². The van der Waals surface area contributed by atoms with Crippen LogP contribution in [0.4, 0.5) is 10.6 Å². The van der Waals surface area contributed by atoms with Crippen molar-refractivity contribution in [3.8, 4) is 0 Å². The van der Waals surface area contributed by atoms with Crippen molar-refractivity contribution in [1.29, 1.82) is 0 Å². The Morgan fingerprint density at radius 2 is 2.30 bits per heavy atom. The first kappa shape index (κ1) is 14.8. The highest BCUT2D eigenvalue weighted by Crippen LogP contribution is 2.26. The monoisotopic (exact) mass is 342 g/mol. The van der Waals surface area contributed by atoms with E-state index in [2.05, 4.69) is 20.9 Å². The zero-order valence-electron chi connectivity index (χ0n) is 11.2. The van der Waals surface area contributed by atoms with E-state index in [0.29, 0.717) is 18.7 Å². The highest BCUT2D eigenvalue weighted by molar-refractivity contribution is 9.10. The number of pyridine rings is 1. The van der Waals surface area contributed by atoms with E-state index in [1.165, 1.54) is 4.90 Å². The number of hydrogen-bond donors (Lipinski definition) is 0. The molecule has 0 radical (unpaired) electrons. The van der Waals surface area contributed by atoms with Gasteiger partial charge in [-0.25, -0.2) is 9.78 Å². The summed E-state index contributed by atoms with van der Waals surface area (Å²) >= 11 is 3.28. The summed E-state index contributed by atoms with van der Waals surface area (Å²) in [5, 5.41) is 0. The van der Waals surface area contributed by atoms with Crippen LogP contribution in [0.1, 0.15) is 26.7 Å². The summed E-state index contributed by atoms with van der Waals surface area (Å²) in [4.78, 5) is 28.9. The summed E-state index contributed by atoms with van der Waals surface area (Å²) in [7, 11) is 0. The average molecular weight is 343 g/mol. The second kappa shape index (κ2) is 6.21. The highest BCUT2D eigenvalue weighted by atomic mass is 79.9. The average Bonchev–Trinajstić information content (AvgIpc) is 2.66. The van der Waals surface area contributed by atoms with Gasteiger partial charge in [-0.2, -0.15) is 0 Å². The Morgan fingerprint density at radius 1 is 1.55 bits per heavy atom. The van der Waals surface area contributed by atoms with E-state index in [1.54, 1.807) is 25.3 Å². The number of cyclic esters (lactones) is 1. The third kappa shape index (κ3) is 3.09. The smallest absolute Gasteiger partial charge is 0.419 e. The molecular formula is C13H15BrN2O4. The van der Waals surface area contributed by atoms with Gasteiger partial charge in [0.2, 0.25) is 0 Å². The van der Waals surface area contributed by atoms with Gasteiger partial charge in [0.1, 0.15) is 11.9 Å². The van der Waals surface area contributed by atoms with Gasteiger partial charge in [0.15, 0.2) is 0 Å². The van der Waals surface area contributed by atoms with Gasteiger partial charge in [0.25, 0.3) is 6.29 Å². The molecule has 1 unspecified atom stereocenters. The Labute approximate surface area is 125 Å². The molecule has 1 fully saturated rings. The van der Waals surface area contributed by atoms with Crippen LogP contribution in [-0.2, 0) is 14.3 Å². The minimum atomic E-state index is -0.896. The SMILES string of the molecule is CCCC(=O)O[C@@H]1OC(=O)N(c2ccc(Br)cn2)C1C. The third-order valence-corrected chi connectivity index (χ3v) is 3.34. The number of esters is 1. The number of hydrogen-bond acceptors (Lipinski definition) is 5. The molecule has 2 rings (SSSR count). The molecule has 0 spiro atoms. The maximum atomic E-state index is 11.9. The van der Waals surface area contributed by atoms with Crippen LogP contribution in [0, 0.1) is 0 Å². The predicted molar refractivity (Wildman–Crippen MR) is 75.1 cm³/mol. The molecular weight excluding hydrogens is 328 g/mol. The van der Waals surface area contributed by atoms with E-state index >= 15 is 0 Å². The van der Waals surface area contributed by atoms with Gasteiger partial charge in [0.05, 0.1) is 0 Å². The van der Waals surface area contributed by atoms with Crippen LogP contribution in [0.3, 0.4) is 0 Å². The van der Waals surface area contributed by atoms with E-state index in [0.717, 1.165) is 4.47 Å². The fourth-order valence-corrected chi connectivity index (χ4v) is 2.10. The van der Waals surface area contributed by atoms with Gasteiger partial charge < -0.3 is 9.47 Å². The van der Waals surface area contributed by atoms with Gasteiger partial charge >= 0.3 is 12.1 Å². The number of anilines is 1. The molecule has 0 N–H and O–H groups in total. The fourth-order valence-electron chi connectivity index (χ4n) is 1.87. The summed E-state index contributed by atoms with van der Waals surface area (Å²) in [6.45, 7) is 3.63. The van der Waals surface area contributed by atoms with E-state index < -0.39 is 18.4 Å². The quantitative estimate of drug-likeness (QED) is 0.787. The van der Waals surface area contributed by atoms with Crippen molar-refractivity contribution in [1.82, 2.24) is 4.98 Å². The summed E-state index contributed by atoms with van der Waals surface area (Å²) in [5.41, 5.74) is 0. The first-order chi connectivity index (χ1) is 9.52. The lowest BCUT2D eigenvalue weighted by Gasteiger charge is -2.19. The van der Waals surface area contributed by atoms with Crippen LogP contribution in [0.2, 0.25) is 0 Å². The van der Waals surface area contributed by atoms with Crippen LogP contribution in [0.5, 0.6) is 0 Å². The number of carbonyl (C=O) groups excluding carboxylic acids is 2. The van der Waals surface area contributed by atoms with E-state index in [9.17, 15) is 9.59 Å². The number of rotatable bonds is 4. The van der Waals surface area contributed by atoms with Gasteiger partial charge in [-0.05, 0) is 41.4 Å². The largest absolute Gasteiger partial charge is 0.423 e. The molecule has 7 heteroatoms. The zero-order valence-corrected chi connectivity index (χ0v) is 12.8. The van der Waals surface area contributed by atoms with Crippen molar-refractivity contribution in [3.05, 3.63) is 22.8 Å². The molecule has 2 atom stereocenters. The van der Waals surface area contributed by atoms with Gasteiger partial charge in [-0.3, -0.25) is 9.69 Å². The minimum Gasteiger partial charge on any atom is -0.423 e. The maximum absolute atomic E-state index is 11.9. The number of amides is 1. The Balaban J connectivity index is 2.10. The van der Waals surface area contributed by atoms with Crippen LogP contribution in [-0.4, -0.2) is 29.4 Å². The molecule has 0 saturated carbocycles. The topological polar surface area (TPSA) is 68.7 Å². The van der Waals surface area contributed by atoms with Gasteiger partial charge in [-0.15, -0.1) is 0 Å². The number of nitrogens with zero attached hydrogens (tertiary/aromatic N) is 2. The van der Waals surface area contributed by atoms with E-state index in [1.807, 2.05) is 6.92 Å². The Bertz CT molecular complexity index is 506. The molecule has 108 valence electrons. The number of halogens is 1. The van der Waals surface area contributed by atoms with Crippen LogP contribution < -0.4 is 4.90 Å². The van der Waals surface area contributed by atoms with Crippen molar-refractivity contribution in [2.75, 3.05) is 4.90 Å². The number of carbonyl (C=O) groups is 2. The summed E-state index contributed by atoms with van der Waals surface area (Å²) in [5.74, 6) is 0.0857. The van der Waals surface area contributed by atoms with Crippen molar-refractivity contribution in [2.45, 2.75) is 39.0 Å². The molecule has 1 aromatic rings. The summed E-state index contributed by atoms with van der Waals surface area (Å²) in [6.07, 6.45) is 1.11. The van der Waals surface area contributed by atoms with Crippen LogP contribution >= 0.6 is 15.9 Å². The lowest BCUT2D eigenvalue weighted by molar-refractivity contribution is -0.165. The predicted octanol–water partition coefficient (Wildman–Crippen LogP) is 2.86. The Morgan fingerprint density at radius 3 is 2.90 bits per heavy atom. The molecule has 1 aromatic heterocycles. The molecule has 0 bridgehead atoms. The van der Waals surface area contributed by atoms with Crippen molar-refractivity contribution in [3.63, 3.8) is 0 Å². The Kier molecular flexibility index (Phi) is 4.59. The molecule has 2 heterocycles. The lowest BCUT2D eigenvalue weighted by Crippen LogP contribution is -2.36. The molecule has 0 aliphatic carbocycles. The highest BCUT2D eigenvalue weighted by Gasteiger charge is 2.42. The molecule has 1 aliphatic rings. The molecule has 1 saturated heterocycles. The second-order valence-corrected chi connectivity index (χ2v) is 5.35. The third-order valence-electron chi connectivity index (χ3n) is 2.88. The first-order valence-electron chi connectivity index (χ1n) is 6.33. The van der Waals surface area contributed by atoms with Crippen molar-refractivity contribution in [2.24, 2.45) is 0 Å².